The Morgan fingerprint density at radius 2 is 1.76 bits per heavy atom. The Labute approximate surface area is 143 Å². The number of ether oxygens (including phenoxy) is 1. The summed E-state index contributed by atoms with van der Waals surface area (Å²) < 4.78 is 7.03. The number of aromatic nitrogens is 7. The van der Waals surface area contributed by atoms with E-state index in [2.05, 4.69) is 34.9 Å². The lowest BCUT2D eigenvalue weighted by Gasteiger charge is -2.27. The molecule has 1 saturated heterocycles. The van der Waals surface area contributed by atoms with Gasteiger partial charge in [-0.25, -0.2) is 14.6 Å². The van der Waals surface area contributed by atoms with Gasteiger partial charge in [0.25, 0.3) is 5.95 Å². The molecule has 0 radical (unpaired) electrons. The molecule has 4 heterocycles. The first-order valence-corrected chi connectivity index (χ1v) is 7.88. The first-order valence-electron chi connectivity index (χ1n) is 7.88. The maximum Gasteiger partial charge on any atom is 0.255 e. The molecule has 2 N–H and O–H groups in total. The molecule has 0 bridgehead atoms. The van der Waals surface area contributed by atoms with E-state index in [1.807, 2.05) is 19.2 Å². The Morgan fingerprint density at radius 3 is 2.44 bits per heavy atom. The quantitative estimate of drug-likeness (QED) is 0.715. The summed E-state index contributed by atoms with van der Waals surface area (Å²) in [7, 11) is 0. The molecule has 0 unspecified atom stereocenters. The number of nitrogen functional groups attached to an aromatic ring is 1. The van der Waals surface area contributed by atoms with Gasteiger partial charge in [0.05, 0.1) is 24.5 Å². The fraction of sp³-hybridized carbons (Fsp3) is 0.333. The SMILES string of the molecule is Cc1ccn(-c2nc(-c3cnc(N)nc3)nc(N3CCOCC3)n2)n1. The molecule has 0 amide bonds. The monoisotopic (exact) mass is 339 g/mol. The number of hydrogen-bond acceptors (Lipinski definition) is 9. The minimum atomic E-state index is 0.203. The first kappa shape index (κ1) is 15.4. The van der Waals surface area contributed by atoms with Crippen LogP contribution in [0.1, 0.15) is 5.69 Å². The number of morpholine rings is 1. The van der Waals surface area contributed by atoms with E-state index in [1.54, 1.807) is 17.1 Å². The lowest BCUT2D eigenvalue weighted by atomic mass is 10.3. The molecule has 10 heteroatoms. The Bertz CT molecular complexity index is 871. The smallest absolute Gasteiger partial charge is 0.255 e. The van der Waals surface area contributed by atoms with Crippen LogP contribution < -0.4 is 10.6 Å². The Kier molecular flexibility index (Phi) is 3.94. The van der Waals surface area contributed by atoms with Crippen molar-refractivity contribution in [1.29, 1.82) is 0 Å². The van der Waals surface area contributed by atoms with Gasteiger partial charge in [-0.05, 0) is 13.0 Å². The molecule has 1 aliphatic heterocycles. The molecule has 0 spiro atoms. The van der Waals surface area contributed by atoms with Crippen LogP contribution in [0.3, 0.4) is 0 Å². The summed E-state index contributed by atoms with van der Waals surface area (Å²) in [6.07, 6.45) is 5.01. The van der Waals surface area contributed by atoms with E-state index < -0.39 is 0 Å². The van der Waals surface area contributed by atoms with Crippen LogP contribution in [0.2, 0.25) is 0 Å². The predicted molar refractivity (Wildman–Crippen MR) is 90.2 cm³/mol. The highest BCUT2D eigenvalue weighted by atomic mass is 16.5. The third kappa shape index (κ3) is 3.24. The number of nitrogens with zero attached hydrogens (tertiary/aromatic N) is 8. The molecule has 3 aromatic heterocycles. The second-order valence-corrected chi connectivity index (χ2v) is 5.59. The van der Waals surface area contributed by atoms with Gasteiger partial charge in [-0.3, -0.25) is 0 Å². The zero-order valence-electron chi connectivity index (χ0n) is 13.7. The lowest BCUT2D eigenvalue weighted by molar-refractivity contribution is 0.122. The number of rotatable bonds is 3. The van der Waals surface area contributed by atoms with Crippen LogP contribution in [0, 0.1) is 6.92 Å². The van der Waals surface area contributed by atoms with Crippen LogP contribution in [0.4, 0.5) is 11.9 Å². The van der Waals surface area contributed by atoms with Gasteiger partial charge in [0, 0.05) is 31.7 Å². The van der Waals surface area contributed by atoms with E-state index in [0.29, 0.717) is 36.5 Å². The van der Waals surface area contributed by atoms with Crippen molar-refractivity contribution in [2.45, 2.75) is 6.92 Å². The molecular formula is C15H17N9O. The fourth-order valence-electron chi connectivity index (χ4n) is 2.47. The second-order valence-electron chi connectivity index (χ2n) is 5.59. The summed E-state index contributed by atoms with van der Waals surface area (Å²) in [5, 5.41) is 4.39. The van der Waals surface area contributed by atoms with Gasteiger partial charge < -0.3 is 15.4 Å². The Morgan fingerprint density at radius 1 is 1.04 bits per heavy atom. The summed E-state index contributed by atoms with van der Waals surface area (Å²) in [5.74, 6) is 1.69. The molecular weight excluding hydrogens is 322 g/mol. The van der Waals surface area contributed by atoms with E-state index >= 15 is 0 Å². The van der Waals surface area contributed by atoms with Gasteiger partial charge in [0.15, 0.2) is 5.82 Å². The van der Waals surface area contributed by atoms with E-state index in [9.17, 15) is 0 Å². The molecule has 1 fully saturated rings. The van der Waals surface area contributed by atoms with Crippen LogP contribution in [-0.4, -0.2) is 61.0 Å². The summed E-state index contributed by atoms with van der Waals surface area (Å²) in [5.41, 5.74) is 7.11. The van der Waals surface area contributed by atoms with E-state index in [1.165, 1.54) is 0 Å². The molecule has 25 heavy (non-hydrogen) atoms. The van der Waals surface area contributed by atoms with Gasteiger partial charge in [0.1, 0.15) is 0 Å². The van der Waals surface area contributed by atoms with E-state index in [-0.39, 0.29) is 5.95 Å². The van der Waals surface area contributed by atoms with Gasteiger partial charge in [-0.1, -0.05) is 0 Å². The number of anilines is 2. The van der Waals surface area contributed by atoms with Crippen LogP contribution in [-0.2, 0) is 4.74 Å². The van der Waals surface area contributed by atoms with Crippen molar-refractivity contribution in [2.24, 2.45) is 0 Å². The van der Waals surface area contributed by atoms with Crippen molar-refractivity contribution < 1.29 is 4.74 Å². The van der Waals surface area contributed by atoms with Crippen molar-refractivity contribution in [3.8, 4) is 17.3 Å². The summed E-state index contributed by atoms with van der Waals surface area (Å²) in [6, 6.07) is 1.89. The largest absolute Gasteiger partial charge is 0.378 e. The highest BCUT2D eigenvalue weighted by Crippen LogP contribution is 2.19. The standard InChI is InChI=1S/C15H17N9O/c1-10-2-3-24(22-10)15-20-12(11-8-17-13(16)18-9-11)19-14(21-15)23-4-6-25-7-5-23/h2-3,8-9H,4-7H2,1H3,(H2,16,17,18). The van der Waals surface area contributed by atoms with E-state index in [4.69, 9.17) is 10.5 Å². The summed E-state index contributed by atoms with van der Waals surface area (Å²) in [6.45, 7) is 4.64. The third-order valence-electron chi connectivity index (χ3n) is 3.76. The number of hydrogen-bond donors (Lipinski definition) is 1. The average molecular weight is 339 g/mol. The Balaban J connectivity index is 1.80. The lowest BCUT2D eigenvalue weighted by Crippen LogP contribution is -2.37. The molecule has 1 aliphatic rings. The number of nitrogens with two attached hydrogens (primary N) is 1. The summed E-state index contributed by atoms with van der Waals surface area (Å²) >= 11 is 0. The molecule has 3 aromatic rings. The van der Waals surface area contributed by atoms with Gasteiger partial charge in [-0.2, -0.15) is 20.1 Å². The van der Waals surface area contributed by atoms with Crippen molar-refractivity contribution in [2.75, 3.05) is 36.9 Å². The minimum Gasteiger partial charge on any atom is -0.378 e. The van der Waals surface area contributed by atoms with Crippen LogP contribution in [0.5, 0.6) is 0 Å². The molecule has 0 atom stereocenters. The Hall–Kier alpha value is -3.14. The third-order valence-corrected chi connectivity index (χ3v) is 3.76. The molecule has 0 saturated carbocycles. The molecule has 0 aliphatic carbocycles. The average Bonchev–Trinajstić information content (AvgIpc) is 3.09. The van der Waals surface area contributed by atoms with Crippen molar-refractivity contribution in [3.63, 3.8) is 0 Å². The zero-order chi connectivity index (χ0) is 17.2. The van der Waals surface area contributed by atoms with Crippen molar-refractivity contribution in [3.05, 3.63) is 30.4 Å². The summed E-state index contributed by atoms with van der Waals surface area (Å²) in [4.78, 5) is 23.7. The fourth-order valence-corrected chi connectivity index (χ4v) is 2.47. The maximum absolute atomic E-state index is 5.56. The molecule has 128 valence electrons. The van der Waals surface area contributed by atoms with Crippen LogP contribution >= 0.6 is 0 Å². The van der Waals surface area contributed by atoms with Crippen LogP contribution in [0.25, 0.3) is 17.3 Å². The predicted octanol–water partition coefficient (Wildman–Crippen LogP) is 0.242. The normalized spacial score (nSPS) is 14.7. The van der Waals surface area contributed by atoms with E-state index in [0.717, 1.165) is 18.8 Å². The van der Waals surface area contributed by atoms with Gasteiger partial charge in [0.2, 0.25) is 11.9 Å². The topological polar surface area (TPSA) is 121 Å². The molecule has 10 nitrogen and oxygen atoms in total. The van der Waals surface area contributed by atoms with Crippen molar-refractivity contribution >= 4 is 11.9 Å². The first-order chi connectivity index (χ1) is 12.2. The molecule has 4 rings (SSSR count). The van der Waals surface area contributed by atoms with Crippen molar-refractivity contribution in [1.82, 2.24) is 34.7 Å². The molecule has 0 aromatic carbocycles. The minimum absolute atomic E-state index is 0.203. The van der Waals surface area contributed by atoms with Crippen LogP contribution in [0.15, 0.2) is 24.7 Å². The highest BCUT2D eigenvalue weighted by molar-refractivity contribution is 5.55. The zero-order valence-corrected chi connectivity index (χ0v) is 13.7. The maximum atomic E-state index is 5.56. The second kappa shape index (κ2) is 6.40. The highest BCUT2D eigenvalue weighted by Gasteiger charge is 2.18. The van der Waals surface area contributed by atoms with Gasteiger partial charge >= 0.3 is 0 Å². The van der Waals surface area contributed by atoms with Gasteiger partial charge in [-0.15, -0.1) is 0 Å². The number of aryl methyl sites for hydroxylation is 1.